The Morgan fingerprint density at radius 2 is 1.85 bits per heavy atom. The molecular formula is C19H14Br2N4O. The number of hydrazone groups is 1. The predicted molar refractivity (Wildman–Crippen MR) is 111 cm³/mol. The number of benzene rings is 2. The molecule has 3 rings (SSSR count). The van der Waals surface area contributed by atoms with Gasteiger partial charge < -0.3 is 0 Å². The van der Waals surface area contributed by atoms with Gasteiger partial charge in [0.1, 0.15) is 5.69 Å². The summed E-state index contributed by atoms with van der Waals surface area (Å²) in [4.78, 5) is 12.1. The average molecular weight is 474 g/mol. The number of aromatic amines is 1. The van der Waals surface area contributed by atoms with Crippen LogP contribution in [0, 0.1) is 0 Å². The Morgan fingerprint density at radius 1 is 1.12 bits per heavy atom. The number of allylic oxidation sites excluding steroid dienone is 1. The molecule has 3 aromatic rings. The summed E-state index contributed by atoms with van der Waals surface area (Å²) in [5, 5.41) is 10.8. The highest BCUT2D eigenvalue weighted by molar-refractivity contribution is 9.12. The molecule has 1 amide bonds. The van der Waals surface area contributed by atoms with E-state index in [1.165, 1.54) is 6.21 Å². The molecule has 2 N–H and O–H groups in total. The Bertz CT molecular complexity index is 947. The van der Waals surface area contributed by atoms with Gasteiger partial charge in [0.25, 0.3) is 5.91 Å². The molecule has 26 heavy (non-hydrogen) atoms. The van der Waals surface area contributed by atoms with Crippen LogP contribution in [0.4, 0.5) is 0 Å². The van der Waals surface area contributed by atoms with Crippen LogP contribution in [0.1, 0.15) is 16.1 Å². The molecule has 0 aliphatic heterocycles. The molecule has 130 valence electrons. The van der Waals surface area contributed by atoms with Crippen molar-refractivity contribution in [1.29, 1.82) is 0 Å². The van der Waals surface area contributed by atoms with E-state index in [0.717, 1.165) is 20.1 Å². The third kappa shape index (κ3) is 5.00. The number of halogens is 2. The van der Waals surface area contributed by atoms with Crippen molar-refractivity contribution in [2.75, 3.05) is 0 Å². The second kappa shape index (κ2) is 8.73. The summed E-state index contributed by atoms with van der Waals surface area (Å²) in [6, 6.07) is 19.2. The normalized spacial score (nSPS) is 11.7. The number of carbonyl (C=O) groups excluding carboxylic acids is 1. The van der Waals surface area contributed by atoms with E-state index in [-0.39, 0.29) is 5.91 Å². The first-order valence-corrected chi connectivity index (χ1v) is 9.27. The van der Waals surface area contributed by atoms with Crippen LogP contribution < -0.4 is 5.43 Å². The standard InChI is InChI=1S/C19H14Br2N4O/c20-15-8-6-14(7-9-15)17-11-18(24-23-17)19(26)25-22-12-16(21)10-13-4-2-1-3-5-13/h1-12H,(H,23,24)(H,25,26). The number of aromatic nitrogens is 2. The fourth-order valence-corrected chi connectivity index (χ4v) is 2.80. The summed E-state index contributed by atoms with van der Waals surface area (Å²) in [6.45, 7) is 0. The second-order valence-electron chi connectivity index (χ2n) is 5.31. The highest BCUT2D eigenvalue weighted by Gasteiger charge is 2.10. The molecule has 1 heterocycles. The van der Waals surface area contributed by atoms with Crippen molar-refractivity contribution >= 4 is 50.1 Å². The predicted octanol–water partition coefficient (Wildman–Crippen LogP) is 4.99. The van der Waals surface area contributed by atoms with Crippen LogP contribution in [0.2, 0.25) is 0 Å². The van der Waals surface area contributed by atoms with Crippen molar-refractivity contribution in [3.05, 3.63) is 80.9 Å². The first-order chi connectivity index (χ1) is 12.6. The summed E-state index contributed by atoms with van der Waals surface area (Å²) in [5.41, 5.74) is 5.45. The van der Waals surface area contributed by atoms with Crippen molar-refractivity contribution < 1.29 is 4.79 Å². The minimum Gasteiger partial charge on any atom is -0.272 e. The van der Waals surface area contributed by atoms with Gasteiger partial charge in [0.15, 0.2) is 0 Å². The SMILES string of the molecule is O=C(NN=CC(Br)=Cc1ccccc1)c1cc(-c2ccc(Br)cc2)n[nH]1. The Labute approximate surface area is 167 Å². The Kier molecular flexibility index (Phi) is 6.14. The zero-order chi connectivity index (χ0) is 18.4. The number of H-pyrrole nitrogens is 1. The summed E-state index contributed by atoms with van der Waals surface area (Å²) in [7, 11) is 0. The summed E-state index contributed by atoms with van der Waals surface area (Å²) >= 11 is 6.79. The number of rotatable bonds is 5. The minimum absolute atomic E-state index is 0.336. The lowest BCUT2D eigenvalue weighted by Gasteiger charge is -1.96. The van der Waals surface area contributed by atoms with Gasteiger partial charge in [0, 0.05) is 14.5 Å². The smallest absolute Gasteiger partial charge is 0.272 e. The quantitative estimate of drug-likeness (QED) is 0.404. The van der Waals surface area contributed by atoms with Gasteiger partial charge in [-0.15, -0.1) is 0 Å². The van der Waals surface area contributed by atoms with E-state index in [4.69, 9.17) is 0 Å². The zero-order valence-corrected chi connectivity index (χ0v) is 16.7. The molecule has 1 aromatic heterocycles. The lowest BCUT2D eigenvalue weighted by Crippen LogP contribution is -2.17. The number of amides is 1. The van der Waals surface area contributed by atoms with Crippen LogP contribution in [0.3, 0.4) is 0 Å². The topological polar surface area (TPSA) is 70.1 Å². The first-order valence-electron chi connectivity index (χ1n) is 7.69. The monoisotopic (exact) mass is 472 g/mol. The summed E-state index contributed by atoms with van der Waals surface area (Å²) in [5.74, 6) is -0.364. The maximum Gasteiger partial charge on any atom is 0.289 e. The van der Waals surface area contributed by atoms with Gasteiger partial charge in [-0.1, -0.05) is 58.4 Å². The van der Waals surface area contributed by atoms with E-state index < -0.39 is 0 Å². The molecule has 0 unspecified atom stereocenters. The lowest BCUT2D eigenvalue weighted by atomic mass is 10.1. The van der Waals surface area contributed by atoms with Gasteiger partial charge in [0.2, 0.25) is 0 Å². The van der Waals surface area contributed by atoms with Gasteiger partial charge in [-0.25, -0.2) is 5.43 Å². The summed E-state index contributed by atoms with van der Waals surface area (Å²) in [6.07, 6.45) is 3.42. The van der Waals surface area contributed by atoms with E-state index in [0.29, 0.717) is 11.4 Å². The van der Waals surface area contributed by atoms with Crippen LogP contribution in [0.5, 0.6) is 0 Å². The largest absolute Gasteiger partial charge is 0.289 e. The first kappa shape index (κ1) is 18.3. The molecule has 0 saturated carbocycles. The third-order valence-corrected chi connectivity index (χ3v) is 4.38. The van der Waals surface area contributed by atoms with Crippen LogP contribution in [0.15, 0.2) is 74.7 Å². The van der Waals surface area contributed by atoms with E-state index in [1.54, 1.807) is 6.07 Å². The van der Waals surface area contributed by atoms with Gasteiger partial charge in [-0.2, -0.15) is 10.2 Å². The van der Waals surface area contributed by atoms with Crippen molar-refractivity contribution in [1.82, 2.24) is 15.6 Å². The highest BCUT2D eigenvalue weighted by Crippen LogP contribution is 2.20. The van der Waals surface area contributed by atoms with Gasteiger partial charge >= 0.3 is 0 Å². The molecule has 0 saturated heterocycles. The van der Waals surface area contributed by atoms with Crippen LogP contribution >= 0.6 is 31.9 Å². The van der Waals surface area contributed by atoms with Crippen molar-refractivity contribution in [3.8, 4) is 11.3 Å². The van der Waals surface area contributed by atoms with E-state index >= 15 is 0 Å². The molecule has 0 aliphatic rings. The number of hydrogen-bond acceptors (Lipinski definition) is 3. The third-order valence-electron chi connectivity index (χ3n) is 3.42. The van der Waals surface area contributed by atoms with Crippen LogP contribution in [-0.2, 0) is 0 Å². The molecule has 0 spiro atoms. The van der Waals surface area contributed by atoms with E-state index in [1.807, 2.05) is 60.7 Å². The number of carbonyl (C=O) groups is 1. The van der Waals surface area contributed by atoms with Crippen LogP contribution in [-0.4, -0.2) is 22.3 Å². The Hall–Kier alpha value is -2.51. The second-order valence-corrected chi connectivity index (χ2v) is 7.14. The maximum absolute atomic E-state index is 12.1. The molecule has 0 fully saturated rings. The summed E-state index contributed by atoms with van der Waals surface area (Å²) < 4.78 is 1.72. The average Bonchev–Trinajstić information content (AvgIpc) is 3.13. The molecule has 0 radical (unpaired) electrons. The van der Waals surface area contributed by atoms with E-state index in [9.17, 15) is 4.79 Å². The molecule has 0 bridgehead atoms. The molecule has 2 aromatic carbocycles. The number of nitrogens with one attached hydrogen (secondary N) is 2. The molecule has 7 heteroatoms. The Morgan fingerprint density at radius 3 is 2.58 bits per heavy atom. The van der Waals surface area contributed by atoms with Gasteiger partial charge in [-0.3, -0.25) is 9.89 Å². The van der Waals surface area contributed by atoms with Crippen molar-refractivity contribution in [3.63, 3.8) is 0 Å². The fourth-order valence-electron chi connectivity index (χ4n) is 2.17. The molecular weight excluding hydrogens is 460 g/mol. The highest BCUT2D eigenvalue weighted by atomic mass is 79.9. The fraction of sp³-hybridized carbons (Fsp3) is 0. The number of nitrogens with zero attached hydrogens (tertiary/aromatic N) is 2. The molecule has 0 aliphatic carbocycles. The lowest BCUT2D eigenvalue weighted by molar-refractivity contribution is 0.0950. The van der Waals surface area contributed by atoms with Gasteiger partial charge in [-0.05, 0) is 45.8 Å². The van der Waals surface area contributed by atoms with E-state index in [2.05, 4.69) is 52.6 Å². The number of hydrogen-bond donors (Lipinski definition) is 2. The van der Waals surface area contributed by atoms with Crippen LogP contribution in [0.25, 0.3) is 17.3 Å². The molecule has 0 atom stereocenters. The molecule has 5 nitrogen and oxygen atoms in total. The minimum atomic E-state index is -0.364. The van der Waals surface area contributed by atoms with Crippen molar-refractivity contribution in [2.45, 2.75) is 0 Å². The van der Waals surface area contributed by atoms with Gasteiger partial charge in [0.05, 0.1) is 11.9 Å². The maximum atomic E-state index is 12.1. The van der Waals surface area contributed by atoms with Crippen molar-refractivity contribution in [2.24, 2.45) is 5.10 Å². The Balaban J connectivity index is 1.62. The zero-order valence-electron chi connectivity index (χ0n) is 13.5.